The summed E-state index contributed by atoms with van der Waals surface area (Å²) in [5, 5.41) is 31.6. The molecule has 2 N–H and O–H groups in total. The lowest BCUT2D eigenvalue weighted by Crippen LogP contribution is -2.29. The third kappa shape index (κ3) is 3.58. The highest BCUT2D eigenvalue weighted by atomic mass is 16.6. The summed E-state index contributed by atoms with van der Waals surface area (Å²) in [6.45, 7) is 1.89. The van der Waals surface area contributed by atoms with Gasteiger partial charge < -0.3 is 10.2 Å². The number of anilines is 1. The van der Waals surface area contributed by atoms with Crippen LogP contribution >= 0.6 is 0 Å². The van der Waals surface area contributed by atoms with Gasteiger partial charge in [0.25, 0.3) is 17.4 Å². The van der Waals surface area contributed by atoms with Crippen molar-refractivity contribution in [1.82, 2.24) is 0 Å². The van der Waals surface area contributed by atoms with E-state index in [0.29, 0.717) is 11.3 Å². The van der Waals surface area contributed by atoms with Crippen LogP contribution in [0, 0.1) is 17.0 Å². The minimum atomic E-state index is -0.950. The first-order chi connectivity index (χ1) is 15.3. The molecule has 8 nitrogen and oxygen atoms in total. The van der Waals surface area contributed by atoms with Crippen molar-refractivity contribution >= 4 is 28.8 Å². The lowest BCUT2D eigenvalue weighted by molar-refractivity contribution is -0.384. The average molecular weight is 430 g/mol. The molecular weight excluding hydrogens is 412 g/mol. The minimum absolute atomic E-state index is 0.0106. The largest absolute Gasteiger partial charge is 0.508 e. The summed E-state index contributed by atoms with van der Waals surface area (Å²) in [5.41, 5.74) is 1.80. The zero-order valence-electron chi connectivity index (χ0n) is 16.9. The molecule has 1 aliphatic heterocycles. The summed E-state index contributed by atoms with van der Waals surface area (Å²) in [5.74, 6) is -2.11. The van der Waals surface area contributed by atoms with Gasteiger partial charge in [0.05, 0.1) is 16.5 Å². The Morgan fingerprint density at radius 2 is 1.53 bits per heavy atom. The van der Waals surface area contributed by atoms with Crippen LogP contribution in [-0.4, -0.2) is 26.8 Å². The van der Waals surface area contributed by atoms with E-state index in [-0.39, 0.29) is 22.6 Å². The van der Waals surface area contributed by atoms with E-state index in [1.165, 1.54) is 41.3 Å². The molecule has 8 heteroatoms. The van der Waals surface area contributed by atoms with E-state index >= 15 is 0 Å². The molecule has 0 radical (unpaired) electrons. The number of carbonyl (C=O) groups excluding carboxylic acids is 2. The van der Waals surface area contributed by atoms with Gasteiger partial charge in [-0.15, -0.1) is 0 Å². The molecule has 4 rings (SSSR count). The average Bonchev–Trinajstić information content (AvgIpc) is 3.05. The lowest BCUT2D eigenvalue weighted by Gasteiger charge is -2.25. The normalized spacial score (nSPS) is 17.5. The Kier molecular flexibility index (Phi) is 5.19. The first kappa shape index (κ1) is 20.8. The Morgan fingerprint density at radius 1 is 0.938 bits per heavy atom. The number of aliphatic hydroxyl groups excluding tert-OH is 1. The molecule has 0 bridgehead atoms. The standard InChI is InChI=1S/C24H18N2O6/c1-14-2-8-17(9-3-14)25-21(15-6-12-19(27)13-7-15)20(23(29)24(25)30)22(28)16-4-10-18(11-5-16)26(31)32/h2-13,21,27-28H,1H3/b22-20-. The van der Waals surface area contributed by atoms with Crippen LogP contribution in [0.1, 0.15) is 22.7 Å². The molecule has 3 aromatic rings. The van der Waals surface area contributed by atoms with Crippen molar-refractivity contribution < 1.29 is 24.7 Å². The number of aryl methyl sites for hydroxylation is 1. The van der Waals surface area contributed by atoms with Crippen LogP contribution in [0.25, 0.3) is 5.76 Å². The first-order valence-corrected chi connectivity index (χ1v) is 9.69. The third-order valence-electron chi connectivity index (χ3n) is 5.32. The molecular formula is C24H18N2O6. The number of non-ortho nitro benzene ring substituents is 1. The van der Waals surface area contributed by atoms with E-state index in [9.17, 15) is 29.9 Å². The lowest BCUT2D eigenvalue weighted by atomic mass is 9.95. The fraction of sp³-hybridized carbons (Fsp3) is 0.0833. The smallest absolute Gasteiger partial charge is 0.300 e. The van der Waals surface area contributed by atoms with E-state index in [0.717, 1.165) is 5.56 Å². The molecule has 1 amide bonds. The zero-order chi connectivity index (χ0) is 23.0. The first-order valence-electron chi connectivity index (χ1n) is 9.69. The molecule has 0 aliphatic carbocycles. The summed E-state index contributed by atoms with van der Waals surface area (Å²) < 4.78 is 0. The Hall–Kier alpha value is -4.46. The number of carbonyl (C=O) groups is 2. The molecule has 32 heavy (non-hydrogen) atoms. The fourth-order valence-electron chi connectivity index (χ4n) is 3.67. The Bertz CT molecular complexity index is 1250. The Labute approximate surface area is 182 Å². The van der Waals surface area contributed by atoms with Gasteiger partial charge in [0, 0.05) is 23.4 Å². The number of nitro benzene ring substituents is 1. The summed E-state index contributed by atoms with van der Waals surface area (Å²) in [4.78, 5) is 37.7. The van der Waals surface area contributed by atoms with Crippen LogP contribution in [0.2, 0.25) is 0 Å². The van der Waals surface area contributed by atoms with Crippen LogP contribution in [0.15, 0.2) is 78.4 Å². The molecule has 1 atom stereocenters. The summed E-state index contributed by atoms with van der Waals surface area (Å²) >= 11 is 0. The maximum Gasteiger partial charge on any atom is 0.300 e. The second kappa shape index (κ2) is 7.99. The highest BCUT2D eigenvalue weighted by Gasteiger charge is 2.46. The van der Waals surface area contributed by atoms with E-state index in [2.05, 4.69) is 0 Å². The van der Waals surface area contributed by atoms with Gasteiger partial charge in [-0.05, 0) is 48.9 Å². The highest BCUT2D eigenvalue weighted by molar-refractivity contribution is 6.51. The van der Waals surface area contributed by atoms with Gasteiger partial charge in [0.15, 0.2) is 0 Å². The number of hydrogen-bond acceptors (Lipinski definition) is 6. The second-order valence-electron chi connectivity index (χ2n) is 7.40. The topological polar surface area (TPSA) is 121 Å². The number of phenols is 1. The van der Waals surface area contributed by atoms with E-state index < -0.39 is 28.4 Å². The van der Waals surface area contributed by atoms with Crippen LogP contribution in [0.5, 0.6) is 5.75 Å². The van der Waals surface area contributed by atoms with Gasteiger partial charge >= 0.3 is 0 Å². The number of amides is 1. The molecule has 1 aliphatic rings. The van der Waals surface area contributed by atoms with Gasteiger partial charge in [-0.1, -0.05) is 29.8 Å². The van der Waals surface area contributed by atoms with Crippen molar-refractivity contribution in [2.75, 3.05) is 4.90 Å². The van der Waals surface area contributed by atoms with Gasteiger partial charge in [0.1, 0.15) is 11.5 Å². The predicted molar refractivity (Wildman–Crippen MR) is 117 cm³/mol. The van der Waals surface area contributed by atoms with Gasteiger partial charge in [-0.3, -0.25) is 24.6 Å². The zero-order valence-corrected chi connectivity index (χ0v) is 16.9. The molecule has 1 heterocycles. The monoisotopic (exact) mass is 430 g/mol. The number of hydrogen-bond donors (Lipinski definition) is 2. The number of phenolic OH excluding ortho intramolecular Hbond substituents is 1. The van der Waals surface area contributed by atoms with Crippen LogP contribution < -0.4 is 4.90 Å². The fourth-order valence-corrected chi connectivity index (χ4v) is 3.67. The van der Waals surface area contributed by atoms with Crippen molar-refractivity contribution in [1.29, 1.82) is 0 Å². The van der Waals surface area contributed by atoms with Crippen LogP contribution in [0.4, 0.5) is 11.4 Å². The summed E-state index contributed by atoms with van der Waals surface area (Å²) in [7, 11) is 0. The number of Topliss-reactive ketones (excluding diaryl/α,β-unsaturated/α-hetero) is 1. The molecule has 3 aromatic carbocycles. The maximum absolute atomic E-state index is 13.0. The Morgan fingerprint density at radius 3 is 2.09 bits per heavy atom. The number of aliphatic hydroxyl groups is 1. The Balaban J connectivity index is 1.90. The number of rotatable bonds is 4. The number of benzene rings is 3. The van der Waals surface area contributed by atoms with Crippen molar-refractivity contribution in [3.8, 4) is 5.75 Å². The quantitative estimate of drug-likeness (QED) is 0.210. The third-order valence-corrected chi connectivity index (χ3v) is 5.32. The molecule has 160 valence electrons. The van der Waals surface area contributed by atoms with E-state index in [1.807, 2.05) is 6.92 Å². The summed E-state index contributed by atoms with van der Waals surface area (Å²) in [6.07, 6.45) is 0. The predicted octanol–water partition coefficient (Wildman–Crippen LogP) is 4.24. The van der Waals surface area contributed by atoms with Crippen molar-refractivity contribution in [3.05, 3.63) is 105 Å². The SMILES string of the molecule is Cc1ccc(N2C(=O)C(=O)/C(=C(\O)c3ccc([N+](=O)[O-])cc3)C2c2ccc(O)cc2)cc1. The molecule has 0 spiro atoms. The van der Waals surface area contributed by atoms with Crippen LogP contribution in [0.3, 0.4) is 0 Å². The van der Waals surface area contributed by atoms with Crippen molar-refractivity contribution in [3.63, 3.8) is 0 Å². The molecule has 1 fully saturated rings. The molecule has 1 unspecified atom stereocenters. The van der Waals surface area contributed by atoms with Crippen LogP contribution in [-0.2, 0) is 9.59 Å². The number of nitrogens with zero attached hydrogens (tertiary/aromatic N) is 2. The van der Waals surface area contributed by atoms with Crippen molar-refractivity contribution in [2.45, 2.75) is 13.0 Å². The number of ketones is 1. The molecule has 0 aromatic heterocycles. The van der Waals surface area contributed by atoms with Gasteiger partial charge in [-0.25, -0.2) is 0 Å². The maximum atomic E-state index is 13.0. The highest BCUT2D eigenvalue weighted by Crippen LogP contribution is 2.42. The van der Waals surface area contributed by atoms with Crippen molar-refractivity contribution in [2.24, 2.45) is 0 Å². The molecule has 1 saturated heterocycles. The number of nitro groups is 1. The van der Waals surface area contributed by atoms with Gasteiger partial charge in [-0.2, -0.15) is 0 Å². The van der Waals surface area contributed by atoms with E-state index in [1.54, 1.807) is 36.4 Å². The second-order valence-corrected chi connectivity index (χ2v) is 7.40. The van der Waals surface area contributed by atoms with Gasteiger partial charge in [0.2, 0.25) is 0 Å². The van der Waals surface area contributed by atoms with E-state index in [4.69, 9.17) is 0 Å². The number of aromatic hydroxyl groups is 1. The summed E-state index contributed by atoms with van der Waals surface area (Å²) in [6, 6.07) is 17.1. The molecule has 0 saturated carbocycles. The minimum Gasteiger partial charge on any atom is -0.508 e.